The van der Waals surface area contributed by atoms with Crippen molar-refractivity contribution in [3.05, 3.63) is 65.2 Å². The fraction of sp³-hybridized carbons (Fsp3) is 0.278. The summed E-state index contributed by atoms with van der Waals surface area (Å²) in [5.41, 5.74) is 3.63. The first kappa shape index (κ1) is 13.7. The van der Waals surface area contributed by atoms with Gasteiger partial charge in [0.15, 0.2) is 0 Å². The zero-order valence-corrected chi connectivity index (χ0v) is 12.4. The molecular formula is C18H19NO2. The summed E-state index contributed by atoms with van der Waals surface area (Å²) < 4.78 is 5.33. The molecule has 0 N–H and O–H groups in total. The van der Waals surface area contributed by atoms with Gasteiger partial charge in [0.25, 0.3) is 0 Å². The zero-order chi connectivity index (χ0) is 14.8. The van der Waals surface area contributed by atoms with Crippen LogP contribution in [-0.4, -0.2) is 24.5 Å². The number of hydrogen-bond acceptors (Lipinski definition) is 2. The van der Waals surface area contributed by atoms with Gasteiger partial charge in [-0.25, -0.2) is 0 Å². The number of ether oxygens (including phenoxy) is 1. The highest BCUT2D eigenvalue weighted by atomic mass is 16.5. The van der Waals surface area contributed by atoms with Crippen LogP contribution in [-0.2, 0) is 11.2 Å². The van der Waals surface area contributed by atoms with Gasteiger partial charge in [0.2, 0.25) is 5.91 Å². The predicted octanol–water partition coefficient (Wildman–Crippen LogP) is 3.19. The first-order chi connectivity index (χ1) is 10.2. The Morgan fingerprint density at radius 2 is 2.00 bits per heavy atom. The topological polar surface area (TPSA) is 29.5 Å². The number of benzene rings is 2. The largest absolute Gasteiger partial charge is 0.497 e. The number of fused-ring (bicyclic) bond motifs is 1. The molecule has 0 fully saturated rings. The molecular weight excluding hydrogens is 262 g/mol. The molecule has 1 unspecified atom stereocenters. The summed E-state index contributed by atoms with van der Waals surface area (Å²) in [6, 6.07) is 16.3. The number of methoxy groups -OCH3 is 1. The average molecular weight is 281 g/mol. The fourth-order valence-electron chi connectivity index (χ4n) is 3.08. The van der Waals surface area contributed by atoms with Gasteiger partial charge in [0, 0.05) is 13.5 Å². The van der Waals surface area contributed by atoms with Crippen LogP contribution in [0.2, 0.25) is 0 Å². The molecule has 0 radical (unpaired) electrons. The summed E-state index contributed by atoms with van der Waals surface area (Å²) in [5, 5.41) is 0. The third-order valence-electron chi connectivity index (χ3n) is 4.10. The molecule has 0 spiro atoms. The molecule has 1 aliphatic heterocycles. The van der Waals surface area contributed by atoms with Crippen LogP contribution in [0.4, 0.5) is 0 Å². The van der Waals surface area contributed by atoms with Gasteiger partial charge in [-0.3, -0.25) is 4.79 Å². The summed E-state index contributed by atoms with van der Waals surface area (Å²) in [7, 11) is 1.66. The average Bonchev–Trinajstić information content (AvgIpc) is 2.53. The van der Waals surface area contributed by atoms with E-state index in [0.29, 0.717) is 0 Å². The van der Waals surface area contributed by atoms with Crippen molar-refractivity contribution in [1.82, 2.24) is 4.90 Å². The molecule has 1 aliphatic rings. The van der Waals surface area contributed by atoms with Crippen molar-refractivity contribution in [2.75, 3.05) is 13.7 Å². The van der Waals surface area contributed by atoms with E-state index in [-0.39, 0.29) is 11.9 Å². The normalized spacial score (nSPS) is 17.2. The van der Waals surface area contributed by atoms with Crippen molar-refractivity contribution >= 4 is 5.91 Å². The number of rotatable bonds is 2. The molecule has 1 heterocycles. The fourth-order valence-corrected chi connectivity index (χ4v) is 3.08. The lowest BCUT2D eigenvalue weighted by atomic mass is 9.88. The monoisotopic (exact) mass is 281 g/mol. The van der Waals surface area contributed by atoms with Gasteiger partial charge in [-0.05, 0) is 35.2 Å². The Labute approximate surface area is 125 Å². The summed E-state index contributed by atoms with van der Waals surface area (Å²) in [6.45, 7) is 2.40. The van der Waals surface area contributed by atoms with Crippen LogP contribution in [0.1, 0.15) is 29.7 Å². The quantitative estimate of drug-likeness (QED) is 0.846. The second kappa shape index (κ2) is 5.60. The number of carbonyl (C=O) groups is 1. The van der Waals surface area contributed by atoms with Gasteiger partial charge in [-0.2, -0.15) is 0 Å². The lowest BCUT2D eigenvalue weighted by molar-refractivity contribution is -0.130. The molecule has 108 valence electrons. The van der Waals surface area contributed by atoms with E-state index < -0.39 is 0 Å². The molecule has 0 aliphatic carbocycles. The molecule has 0 bridgehead atoms. The highest BCUT2D eigenvalue weighted by molar-refractivity contribution is 5.75. The van der Waals surface area contributed by atoms with E-state index in [0.717, 1.165) is 24.3 Å². The highest BCUT2D eigenvalue weighted by Crippen LogP contribution is 2.36. The van der Waals surface area contributed by atoms with Gasteiger partial charge < -0.3 is 9.64 Å². The van der Waals surface area contributed by atoms with Crippen LogP contribution in [0.25, 0.3) is 0 Å². The molecule has 0 aromatic heterocycles. The van der Waals surface area contributed by atoms with Crippen LogP contribution >= 0.6 is 0 Å². The maximum atomic E-state index is 12.0. The minimum atomic E-state index is -0.0254. The van der Waals surface area contributed by atoms with Crippen LogP contribution in [0.5, 0.6) is 5.75 Å². The van der Waals surface area contributed by atoms with E-state index in [2.05, 4.69) is 24.3 Å². The third kappa shape index (κ3) is 2.51. The van der Waals surface area contributed by atoms with Crippen molar-refractivity contribution < 1.29 is 9.53 Å². The van der Waals surface area contributed by atoms with Crippen LogP contribution in [0.15, 0.2) is 48.5 Å². The molecule has 0 saturated carbocycles. The molecule has 2 aromatic carbocycles. The first-order valence-electron chi connectivity index (χ1n) is 7.19. The van der Waals surface area contributed by atoms with Crippen LogP contribution in [0, 0.1) is 0 Å². The number of nitrogens with zero attached hydrogens (tertiary/aromatic N) is 1. The van der Waals surface area contributed by atoms with Crippen LogP contribution < -0.4 is 4.74 Å². The maximum absolute atomic E-state index is 12.0. The summed E-state index contributed by atoms with van der Waals surface area (Å²) in [5.74, 6) is 0.927. The predicted molar refractivity (Wildman–Crippen MR) is 82.4 cm³/mol. The molecule has 3 nitrogen and oxygen atoms in total. The van der Waals surface area contributed by atoms with Crippen molar-refractivity contribution in [2.24, 2.45) is 0 Å². The van der Waals surface area contributed by atoms with Gasteiger partial charge in [0.1, 0.15) is 5.75 Å². The van der Waals surface area contributed by atoms with Gasteiger partial charge in [-0.15, -0.1) is 0 Å². The second-order valence-corrected chi connectivity index (χ2v) is 5.34. The molecule has 0 saturated heterocycles. The Morgan fingerprint density at radius 3 is 2.76 bits per heavy atom. The van der Waals surface area contributed by atoms with E-state index in [1.807, 2.05) is 29.2 Å². The lowest BCUT2D eigenvalue weighted by Gasteiger charge is -2.37. The second-order valence-electron chi connectivity index (χ2n) is 5.34. The molecule has 1 atom stereocenters. The number of carbonyl (C=O) groups excluding carboxylic acids is 1. The highest BCUT2D eigenvalue weighted by Gasteiger charge is 2.30. The first-order valence-corrected chi connectivity index (χ1v) is 7.19. The Morgan fingerprint density at radius 1 is 1.19 bits per heavy atom. The summed E-state index contributed by atoms with van der Waals surface area (Å²) in [4.78, 5) is 14.0. The minimum absolute atomic E-state index is 0.0254. The van der Waals surface area contributed by atoms with E-state index in [1.165, 1.54) is 11.1 Å². The van der Waals surface area contributed by atoms with E-state index in [4.69, 9.17) is 4.74 Å². The number of hydrogen-bond donors (Lipinski definition) is 0. The van der Waals surface area contributed by atoms with E-state index in [9.17, 15) is 4.79 Å². The van der Waals surface area contributed by atoms with Crippen molar-refractivity contribution in [1.29, 1.82) is 0 Å². The maximum Gasteiger partial charge on any atom is 0.220 e. The van der Waals surface area contributed by atoms with Crippen molar-refractivity contribution in [3.63, 3.8) is 0 Å². The SMILES string of the molecule is COc1cccc(C2c3ccccc3CCN2C(C)=O)c1. The minimum Gasteiger partial charge on any atom is -0.497 e. The number of amides is 1. The lowest BCUT2D eigenvalue weighted by Crippen LogP contribution is -2.39. The molecule has 3 heteroatoms. The van der Waals surface area contributed by atoms with Gasteiger partial charge in [0.05, 0.1) is 13.2 Å². The molecule has 1 amide bonds. The Bertz CT molecular complexity index is 666. The molecule has 21 heavy (non-hydrogen) atoms. The summed E-state index contributed by atoms with van der Waals surface area (Å²) >= 11 is 0. The Hall–Kier alpha value is -2.29. The van der Waals surface area contributed by atoms with Crippen LogP contribution in [0.3, 0.4) is 0 Å². The third-order valence-corrected chi connectivity index (χ3v) is 4.10. The smallest absolute Gasteiger partial charge is 0.220 e. The van der Waals surface area contributed by atoms with E-state index in [1.54, 1.807) is 14.0 Å². The Balaban J connectivity index is 2.12. The Kier molecular flexibility index (Phi) is 3.65. The van der Waals surface area contributed by atoms with Crippen molar-refractivity contribution in [2.45, 2.75) is 19.4 Å². The van der Waals surface area contributed by atoms with Gasteiger partial charge in [-0.1, -0.05) is 36.4 Å². The molecule has 3 rings (SSSR count). The molecule has 2 aromatic rings. The summed E-state index contributed by atoms with van der Waals surface area (Å²) in [6.07, 6.45) is 0.913. The van der Waals surface area contributed by atoms with E-state index >= 15 is 0 Å². The standard InChI is InChI=1S/C18H19NO2/c1-13(20)19-11-10-14-6-3-4-9-17(14)18(19)15-7-5-8-16(12-15)21-2/h3-9,12,18H,10-11H2,1-2H3. The van der Waals surface area contributed by atoms with Gasteiger partial charge >= 0.3 is 0 Å². The van der Waals surface area contributed by atoms with Crippen molar-refractivity contribution in [3.8, 4) is 5.75 Å². The zero-order valence-electron chi connectivity index (χ0n) is 12.4.